The molecule has 9 heteroatoms. The second-order valence-electron chi connectivity index (χ2n) is 7.49. The van der Waals surface area contributed by atoms with Crippen LogP contribution in [0.25, 0.3) is 0 Å². The zero-order valence-corrected chi connectivity index (χ0v) is 17.1. The minimum absolute atomic E-state index is 0.123. The number of halogens is 3. The number of carbonyl (C=O) groups is 2. The fourth-order valence-electron chi connectivity index (χ4n) is 3.97. The van der Waals surface area contributed by atoms with Crippen LogP contribution < -0.4 is 4.90 Å². The number of benzene rings is 2. The molecule has 2 aromatic carbocycles. The molecule has 1 unspecified atom stereocenters. The molecule has 3 rings (SSSR count). The van der Waals surface area contributed by atoms with Crippen LogP contribution in [0.4, 0.5) is 23.7 Å². The molecule has 1 atom stereocenters. The van der Waals surface area contributed by atoms with Crippen molar-refractivity contribution in [3.63, 3.8) is 0 Å². The molecule has 6 nitrogen and oxygen atoms in total. The summed E-state index contributed by atoms with van der Waals surface area (Å²) in [6.07, 6.45) is -4.72. The Kier molecular flexibility index (Phi) is 5.91. The van der Waals surface area contributed by atoms with Crippen LogP contribution in [0, 0.1) is 0 Å². The van der Waals surface area contributed by atoms with Gasteiger partial charge >= 0.3 is 12.2 Å². The number of hydrogen-bond acceptors (Lipinski definition) is 4. The first-order chi connectivity index (χ1) is 14.6. The Morgan fingerprint density at radius 3 is 2.29 bits per heavy atom. The number of rotatable bonds is 6. The summed E-state index contributed by atoms with van der Waals surface area (Å²) in [5.74, 6) is -0.817. The average Bonchev–Trinajstić information content (AvgIpc) is 2.95. The van der Waals surface area contributed by atoms with E-state index < -0.39 is 41.9 Å². The van der Waals surface area contributed by atoms with Crippen LogP contribution in [-0.4, -0.2) is 41.3 Å². The maximum absolute atomic E-state index is 13.6. The van der Waals surface area contributed by atoms with Crippen molar-refractivity contribution in [2.24, 2.45) is 4.99 Å². The highest BCUT2D eigenvalue weighted by molar-refractivity contribution is 6.23. The molecule has 3 amide bonds. The number of carbonyl (C=O) groups excluding carboxylic acids is 2. The van der Waals surface area contributed by atoms with Gasteiger partial charge in [0.25, 0.3) is 5.91 Å². The van der Waals surface area contributed by atoms with Crippen LogP contribution in [0.15, 0.2) is 53.5 Å². The summed E-state index contributed by atoms with van der Waals surface area (Å²) in [5.41, 5.74) is -2.73. The molecule has 164 valence electrons. The minimum Gasteiger partial charge on any atom is -0.393 e. The van der Waals surface area contributed by atoms with E-state index in [9.17, 15) is 27.9 Å². The van der Waals surface area contributed by atoms with Gasteiger partial charge in [0.2, 0.25) is 0 Å². The van der Waals surface area contributed by atoms with Crippen molar-refractivity contribution in [1.82, 2.24) is 4.90 Å². The molecule has 1 N–H and O–H groups in total. The van der Waals surface area contributed by atoms with Crippen LogP contribution in [0.5, 0.6) is 0 Å². The van der Waals surface area contributed by atoms with Crippen molar-refractivity contribution < 1.29 is 27.9 Å². The van der Waals surface area contributed by atoms with Crippen LogP contribution in [0.3, 0.4) is 0 Å². The Hall–Kier alpha value is -3.20. The van der Waals surface area contributed by atoms with Gasteiger partial charge in [-0.15, -0.1) is 0 Å². The molecule has 31 heavy (non-hydrogen) atoms. The summed E-state index contributed by atoms with van der Waals surface area (Å²) in [5, 5.41) is 10.3. The number of alkyl halides is 3. The van der Waals surface area contributed by atoms with Crippen LogP contribution in [0.2, 0.25) is 0 Å². The molecule has 1 aliphatic heterocycles. The van der Waals surface area contributed by atoms with Gasteiger partial charge in [-0.2, -0.15) is 13.2 Å². The van der Waals surface area contributed by atoms with Crippen molar-refractivity contribution >= 4 is 24.3 Å². The highest BCUT2D eigenvalue weighted by atomic mass is 19.4. The smallest absolute Gasteiger partial charge is 0.393 e. The summed E-state index contributed by atoms with van der Waals surface area (Å²) in [6, 6.07) is 10.1. The second-order valence-corrected chi connectivity index (χ2v) is 7.49. The van der Waals surface area contributed by atoms with E-state index in [4.69, 9.17) is 0 Å². The Morgan fingerprint density at radius 1 is 1.13 bits per heavy atom. The van der Waals surface area contributed by atoms with E-state index in [0.29, 0.717) is 10.5 Å². The van der Waals surface area contributed by atoms with Crippen molar-refractivity contribution in [2.75, 3.05) is 11.5 Å². The Labute approximate surface area is 177 Å². The lowest BCUT2D eigenvalue weighted by atomic mass is 9.88. The zero-order chi connectivity index (χ0) is 23.0. The van der Waals surface area contributed by atoms with E-state index in [-0.39, 0.29) is 17.8 Å². The molecule has 0 saturated carbocycles. The molecule has 0 radical (unpaired) electrons. The van der Waals surface area contributed by atoms with Crippen molar-refractivity contribution in [1.29, 1.82) is 0 Å². The van der Waals surface area contributed by atoms with E-state index in [1.807, 2.05) is 0 Å². The fourth-order valence-corrected chi connectivity index (χ4v) is 3.97. The zero-order valence-electron chi connectivity index (χ0n) is 17.1. The van der Waals surface area contributed by atoms with Crippen molar-refractivity contribution in [3.05, 3.63) is 65.2 Å². The van der Waals surface area contributed by atoms with Gasteiger partial charge in [-0.05, 0) is 43.8 Å². The number of anilines is 1. The topological polar surface area (TPSA) is 73.2 Å². The van der Waals surface area contributed by atoms with Gasteiger partial charge in [0, 0.05) is 6.04 Å². The highest BCUT2D eigenvalue weighted by Crippen LogP contribution is 2.42. The molecule has 1 aliphatic rings. The monoisotopic (exact) mass is 433 g/mol. The predicted molar refractivity (Wildman–Crippen MR) is 110 cm³/mol. The average molecular weight is 433 g/mol. The van der Waals surface area contributed by atoms with Gasteiger partial charge in [0.15, 0.2) is 5.54 Å². The molecule has 0 aliphatic carbocycles. The lowest BCUT2D eigenvalue weighted by Gasteiger charge is -2.36. The summed E-state index contributed by atoms with van der Waals surface area (Å²) in [4.78, 5) is 32.3. The van der Waals surface area contributed by atoms with Gasteiger partial charge in [-0.25, -0.2) is 9.69 Å². The number of aliphatic imine (C=N–C) groups is 1. The fraction of sp³-hybridized carbons (Fsp3) is 0.318. The lowest BCUT2D eigenvalue weighted by molar-refractivity contribution is -0.138. The molecular weight excluding hydrogens is 411 g/mol. The summed E-state index contributed by atoms with van der Waals surface area (Å²) < 4.78 is 40.9. The second kappa shape index (κ2) is 8.14. The molecule has 1 saturated heterocycles. The summed E-state index contributed by atoms with van der Waals surface area (Å²) in [6.45, 7) is 5.58. The quantitative estimate of drug-likeness (QED) is 0.554. The summed E-state index contributed by atoms with van der Waals surface area (Å²) in [7, 11) is 0. The number of imide groups is 1. The third-order valence-electron chi connectivity index (χ3n) is 5.30. The molecule has 0 bridgehead atoms. The molecular formula is C22H22F3N3O3. The number of aliphatic hydroxyl groups excluding tert-OH is 1. The van der Waals surface area contributed by atoms with Crippen LogP contribution in [0.1, 0.15) is 30.5 Å². The number of amides is 3. The lowest BCUT2D eigenvalue weighted by Crippen LogP contribution is -2.52. The Balaban J connectivity index is 2.20. The maximum atomic E-state index is 13.6. The first kappa shape index (κ1) is 22.5. The molecule has 2 aromatic rings. The normalized spacial score (nSPS) is 19.5. The first-order valence-electron chi connectivity index (χ1n) is 9.56. The molecule has 1 heterocycles. The van der Waals surface area contributed by atoms with Crippen molar-refractivity contribution in [3.8, 4) is 0 Å². The third-order valence-corrected chi connectivity index (χ3v) is 5.30. The third kappa shape index (κ3) is 3.59. The summed E-state index contributed by atoms with van der Waals surface area (Å²) >= 11 is 0. The van der Waals surface area contributed by atoms with Gasteiger partial charge in [-0.3, -0.25) is 9.79 Å². The van der Waals surface area contributed by atoms with Gasteiger partial charge in [-0.1, -0.05) is 36.4 Å². The SMILES string of the molecule is C=NCc1ccc(N2C(=O)N(C(C)C)C(CO)(c3ccccc3)C2=O)cc1C(F)(F)F. The van der Waals surface area contributed by atoms with Gasteiger partial charge in [0.05, 0.1) is 24.4 Å². The standard InChI is InChI=1S/C22H22F3N3O3/c1-14(2)28-20(31)27(19(30)21(28,13-29)16-7-5-4-6-8-16)17-10-9-15(12-26-3)18(11-17)22(23,24)25/h4-11,14,29H,3,12-13H2,1-2H3. The van der Waals surface area contributed by atoms with Crippen LogP contribution >= 0.6 is 0 Å². The van der Waals surface area contributed by atoms with E-state index in [1.165, 1.54) is 17.0 Å². The number of aliphatic hydroxyl groups is 1. The van der Waals surface area contributed by atoms with Gasteiger partial charge < -0.3 is 10.0 Å². The van der Waals surface area contributed by atoms with Crippen LogP contribution in [-0.2, 0) is 23.1 Å². The Morgan fingerprint density at radius 2 is 1.77 bits per heavy atom. The highest BCUT2D eigenvalue weighted by Gasteiger charge is 2.59. The first-order valence-corrected chi connectivity index (χ1v) is 9.56. The van der Waals surface area contributed by atoms with E-state index in [0.717, 1.165) is 6.07 Å². The molecule has 0 spiro atoms. The number of nitrogens with zero attached hydrogens (tertiary/aromatic N) is 3. The molecule has 0 aromatic heterocycles. The van der Waals surface area contributed by atoms with Gasteiger partial charge in [0.1, 0.15) is 0 Å². The largest absolute Gasteiger partial charge is 0.416 e. The Bertz CT molecular complexity index is 1010. The predicted octanol–water partition coefficient (Wildman–Crippen LogP) is 3.97. The molecule has 1 fully saturated rings. The minimum atomic E-state index is -4.72. The number of hydrogen-bond donors (Lipinski definition) is 1. The van der Waals surface area contributed by atoms with E-state index in [1.54, 1.807) is 44.2 Å². The maximum Gasteiger partial charge on any atom is 0.416 e. The van der Waals surface area contributed by atoms with E-state index >= 15 is 0 Å². The van der Waals surface area contributed by atoms with Crippen molar-refractivity contribution in [2.45, 2.75) is 38.1 Å². The van der Waals surface area contributed by atoms with E-state index in [2.05, 4.69) is 11.7 Å². The number of urea groups is 1.